The fourth-order valence-corrected chi connectivity index (χ4v) is 2.39. The molecule has 0 fully saturated rings. The lowest BCUT2D eigenvalue weighted by atomic mass is 10.1. The fraction of sp³-hybridized carbons (Fsp3) is 0.118. The summed E-state index contributed by atoms with van der Waals surface area (Å²) in [7, 11) is 1.57. The van der Waals surface area contributed by atoms with Gasteiger partial charge in [-0.25, -0.2) is 5.10 Å². The minimum Gasteiger partial charge on any atom is -0.497 e. The van der Waals surface area contributed by atoms with Crippen molar-refractivity contribution < 1.29 is 17.9 Å². The van der Waals surface area contributed by atoms with Gasteiger partial charge in [-0.2, -0.15) is 28.0 Å². The summed E-state index contributed by atoms with van der Waals surface area (Å²) >= 11 is 5.16. The Morgan fingerprint density at radius 2 is 1.77 bits per heavy atom. The Kier molecular flexibility index (Phi) is 4.90. The van der Waals surface area contributed by atoms with Gasteiger partial charge in [0.2, 0.25) is 4.77 Å². The average molecular weight is 378 g/mol. The lowest BCUT2D eigenvalue weighted by Crippen LogP contribution is -2.04. The second-order valence-corrected chi connectivity index (χ2v) is 5.64. The molecule has 0 aliphatic heterocycles. The predicted molar refractivity (Wildman–Crippen MR) is 93.8 cm³/mol. The highest BCUT2D eigenvalue weighted by Gasteiger charge is 2.29. The van der Waals surface area contributed by atoms with Crippen molar-refractivity contribution in [2.24, 2.45) is 5.10 Å². The third-order valence-electron chi connectivity index (χ3n) is 3.56. The summed E-state index contributed by atoms with van der Waals surface area (Å²) in [6.07, 6.45) is -2.96. The van der Waals surface area contributed by atoms with Crippen molar-refractivity contribution in [1.82, 2.24) is 14.9 Å². The number of nitrogens with one attached hydrogen (secondary N) is 1. The van der Waals surface area contributed by atoms with Crippen molar-refractivity contribution in [3.8, 4) is 17.1 Å². The molecule has 1 N–H and O–H groups in total. The van der Waals surface area contributed by atoms with Gasteiger partial charge in [-0.3, -0.25) is 0 Å². The number of methoxy groups -OCH3 is 1. The number of halogens is 3. The Balaban J connectivity index is 1.89. The van der Waals surface area contributed by atoms with Crippen LogP contribution >= 0.6 is 12.2 Å². The van der Waals surface area contributed by atoms with Crippen molar-refractivity contribution in [2.45, 2.75) is 6.18 Å². The van der Waals surface area contributed by atoms with Gasteiger partial charge in [0.15, 0.2) is 5.82 Å². The van der Waals surface area contributed by atoms with E-state index < -0.39 is 11.7 Å². The SMILES string of the molecule is COc1ccc(-c2n[nH]c(=S)n2/N=C/c2ccc(C(F)(F)F)cc2)cc1. The summed E-state index contributed by atoms with van der Waals surface area (Å²) in [5.41, 5.74) is 0.540. The number of aromatic nitrogens is 3. The minimum atomic E-state index is -4.37. The zero-order chi connectivity index (χ0) is 18.7. The Morgan fingerprint density at radius 1 is 1.12 bits per heavy atom. The fourth-order valence-electron chi connectivity index (χ4n) is 2.21. The van der Waals surface area contributed by atoms with E-state index in [9.17, 15) is 13.2 Å². The number of alkyl halides is 3. The topological polar surface area (TPSA) is 55.2 Å². The van der Waals surface area contributed by atoms with Gasteiger partial charge in [0, 0.05) is 5.56 Å². The molecule has 3 aromatic rings. The van der Waals surface area contributed by atoms with E-state index in [1.165, 1.54) is 23.0 Å². The van der Waals surface area contributed by atoms with Gasteiger partial charge in [0.05, 0.1) is 18.9 Å². The maximum absolute atomic E-state index is 12.6. The minimum absolute atomic E-state index is 0.263. The van der Waals surface area contributed by atoms with Crippen LogP contribution in [0.1, 0.15) is 11.1 Å². The van der Waals surface area contributed by atoms with Crippen LogP contribution in [0.25, 0.3) is 11.4 Å². The normalized spacial score (nSPS) is 11.8. The Morgan fingerprint density at radius 3 is 2.35 bits per heavy atom. The van der Waals surface area contributed by atoms with E-state index in [0.29, 0.717) is 17.1 Å². The molecule has 0 aliphatic carbocycles. The molecular formula is C17H13F3N4OS. The first-order valence-electron chi connectivity index (χ1n) is 7.42. The van der Waals surface area contributed by atoms with Gasteiger partial charge in [-0.1, -0.05) is 12.1 Å². The number of nitrogens with zero attached hydrogens (tertiary/aromatic N) is 3. The second kappa shape index (κ2) is 7.12. The Labute approximate surface area is 151 Å². The molecule has 26 heavy (non-hydrogen) atoms. The van der Waals surface area contributed by atoms with E-state index in [1.54, 1.807) is 31.4 Å². The molecule has 1 aromatic heterocycles. The maximum Gasteiger partial charge on any atom is 0.416 e. The largest absolute Gasteiger partial charge is 0.497 e. The first-order chi connectivity index (χ1) is 12.4. The average Bonchev–Trinajstić information content (AvgIpc) is 3.00. The van der Waals surface area contributed by atoms with Gasteiger partial charge in [0.1, 0.15) is 5.75 Å². The van der Waals surface area contributed by atoms with Crippen LogP contribution in [-0.2, 0) is 6.18 Å². The molecular weight excluding hydrogens is 365 g/mol. The van der Waals surface area contributed by atoms with E-state index in [4.69, 9.17) is 17.0 Å². The first-order valence-corrected chi connectivity index (χ1v) is 7.83. The van der Waals surface area contributed by atoms with Crippen LogP contribution in [-0.4, -0.2) is 28.2 Å². The van der Waals surface area contributed by atoms with Gasteiger partial charge in [-0.05, 0) is 54.2 Å². The maximum atomic E-state index is 12.6. The van der Waals surface area contributed by atoms with Crippen molar-refractivity contribution in [1.29, 1.82) is 0 Å². The predicted octanol–water partition coefficient (Wildman–Crippen LogP) is 4.52. The molecule has 0 amide bonds. The van der Waals surface area contributed by atoms with Crippen LogP contribution in [0.4, 0.5) is 13.2 Å². The number of hydrogen-bond donors (Lipinski definition) is 1. The number of benzene rings is 2. The molecule has 1 heterocycles. The lowest BCUT2D eigenvalue weighted by molar-refractivity contribution is -0.137. The van der Waals surface area contributed by atoms with Crippen LogP contribution in [0.15, 0.2) is 53.6 Å². The monoisotopic (exact) mass is 378 g/mol. The molecule has 9 heteroatoms. The molecule has 0 spiro atoms. The Hall–Kier alpha value is -2.94. The molecule has 0 unspecified atom stereocenters. The molecule has 0 aliphatic rings. The summed E-state index contributed by atoms with van der Waals surface area (Å²) in [4.78, 5) is 0. The van der Waals surface area contributed by atoms with Crippen LogP contribution in [0.3, 0.4) is 0 Å². The summed E-state index contributed by atoms with van der Waals surface area (Å²) in [6.45, 7) is 0. The third-order valence-corrected chi connectivity index (χ3v) is 3.82. The van der Waals surface area contributed by atoms with E-state index >= 15 is 0 Å². The van der Waals surface area contributed by atoms with Crippen LogP contribution in [0.2, 0.25) is 0 Å². The van der Waals surface area contributed by atoms with E-state index in [2.05, 4.69) is 15.3 Å². The number of hydrogen-bond acceptors (Lipinski definition) is 4. The van der Waals surface area contributed by atoms with Crippen LogP contribution in [0.5, 0.6) is 5.75 Å². The van der Waals surface area contributed by atoms with Gasteiger partial charge < -0.3 is 4.74 Å². The number of aromatic amines is 1. The van der Waals surface area contributed by atoms with Crippen molar-refractivity contribution in [3.05, 3.63) is 64.4 Å². The summed E-state index contributed by atoms with van der Waals surface area (Å²) in [5, 5.41) is 11.0. The van der Waals surface area contributed by atoms with E-state index in [0.717, 1.165) is 17.7 Å². The van der Waals surface area contributed by atoms with E-state index in [-0.39, 0.29) is 4.77 Å². The van der Waals surface area contributed by atoms with Gasteiger partial charge in [0.25, 0.3) is 0 Å². The van der Waals surface area contributed by atoms with Crippen molar-refractivity contribution in [3.63, 3.8) is 0 Å². The zero-order valence-electron chi connectivity index (χ0n) is 13.5. The van der Waals surface area contributed by atoms with E-state index in [1.807, 2.05) is 0 Å². The molecule has 2 aromatic carbocycles. The molecule has 0 saturated heterocycles. The van der Waals surface area contributed by atoms with Crippen LogP contribution in [0, 0.1) is 4.77 Å². The highest BCUT2D eigenvalue weighted by Crippen LogP contribution is 2.29. The number of H-pyrrole nitrogens is 1. The highest BCUT2D eigenvalue weighted by molar-refractivity contribution is 7.71. The molecule has 0 radical (unpaired) electrons. The Bertz CT molecular complexity index is 973. The second-order valence-electron chi connectivity index (χ2n) is 5.26. The highest BCUT2D eigenvalue weighted by atomic mass is 32.1. The van der Waals surface area contributed by atoms with Gasteiger partial charge in [-0.15, -0.1) is 0 Å². The molecule has 3 rings (SSSR count). The van der Waals surface area contributed by atoms with Crippen molar-refractivity contribution in [2.75, 3.05) is 7.11 Å². The molecule has 0 saturated carbocycles. The lowest BCUT2D eigenvalue weighted by Gasteiger charge is -2.06. The summed E-state index contributed by atoms with van der Waals surface area (Å²) in [6, 6.07) is 11.8. The third kappa shape index (κ3) is 3.83. The van der Waals surface area contributed by atoms with Crippen LogP contribution < -0.4 is 4.74 Å². The van der Waals surface area contributed by atoms with Gasteiger partial charge >= 0.3 is 6.18 Å². The summed E-state index contributed by atoms with van der Waals surface area (Å²) in [5.74, 6) is 1.17. The quantitative estimate of drug-likeness (QED) is 0.537. The molecule has 134 valence electrons. The standard InChI is InChI=1S/C17H13F3N4OS/c1-25-14-8-4-12(5-9-14)15-22-23-16(26)24(15)21-10-11-2-6-13(7-3-11)17(18,19)20/h2-10H,1H3,(H,23,26)/b21-10+. The molecule has 0 atom stereocenters. The first kappa shape index (κ1) is 17.9. The molecule has 5 nitrogen and oxygen atoms in total. The summed E-state index contributed by atoms with van der Waals surface area (Å²) < 4.78 is 44.6. The van der Waals surface area contributed by atoms with Crippen molar-refractivity contribution >= 4 is 18.4 Å². The molecule has 0 bridgehead atoms. The number of ether oxygens (including phenoxy) is 1. The smallest absolute Gasteiger partial charge is 0.416 e. The number of rotatable bonds is 4. The zero-order valence-corrected chi connectivity index (χ0v) is 14.3.